The summed E-state index contributed by atoms with van der Waals surface area (Å²) in [4.78, 5) is 11.2. The summed E-state index contributed by atoms with van der Waals surface area (Å²) < 4.78 is 4.59. The summed E-state index contributed by atoms with van der Waals surface area (Å²) >= 11 is 0. The maximum atomic E-state index is 11.2. The van der Waals surface area contributed by atoms with Crippen molar-refractivity contribution in [1.29, 1.82) is 0 Å². The van der Waals surface area contributed by atoms with Crippen LogP contribution >= 0.6 is 0 Å². The Morgan fingerprint density at radius 1 is 1.54 bits per heavy atom. The fraction of sp³-hybridized carbons (Fsp3) is 0.700. The van der Waals surface area contributed by atoms with Crippen LogP contribution in [0.5, 0.6) is 0 Å². The largest absolute Gasteiger partial charge is 0.511 e. The second-order valence-electron chi connectivity index (χ2n) is 3.66. The van der Waals surface area contributed by atoms with Crippen molar-refractivity contribution >= 4 is 5.97 Å². The molecule has 1 aliphatic carbocycles. The number of rotatable bonds is 1. The highest BCUT2D eigenvalue weighted by Crippen LogP contribution is 2.33. The van der Waals surface area contributed by atoms with Crippen molar-refractivity contribution in [2.45, 2.75) is 26.7 Å². The van der Waals surface area contributed by atoms with Gasteiger partial charge in [0.1, 0.15) is 5.76 Å². The van der Waals surface area contributed by atoms with Crippen LogP contribution in [0.3, 0.4) is 0 Å². The first kappa shape index (κ1) is 10.1. The summed E-state index contributed by atoms with van der Waals surface area (Å²) in [6, 6.07) is 0. The Bertz CT molecular complexity index is 243. The Labute approximate surface area is 78.4 Å². The molecule has 1 N–H and O–H groups in total. The molecule has 0 spiro atoms. The van der Waals surface area contributed by atoms with E-state index < -0.39 is 5.97 Å². The number of ether oxygens (including phenoxy) is 1. The normalized spacial score (nSPS) is 28.8. The minimum Gasteiger partial charge on any atom is -0.511 e. The highest BCUT2D eigenvalue weighted by atomic mass is 16.5. The molecule has 1 rings (SSSR count). The molecule has 2 atom stereocenters. The van der Waals surface area contributed by atoms with E-state index in [0.717, 1.165) is 6.42 Å². The average molecular weight is 184 g/mol. The molecule has 0 unspecified atom stereocenters. The van der Waals surface area contributed by atoms with Crippen LogP contribution in [0.25, 0.3) is 0 Å². The van der Waals surface area contributed by atoms with Gasteiger partial charge in [0.2, 0.25) is 0 Å². The molecule has 0 saturated heterocycles. The van der Waals surface area contributed by atoms with Gasteiger partial charge in [0.05, 0.1) is 12.7 Å². The minimum atomic E-state index is -0.392. The number of hydrogen-bond acceptors (Lipinski definition) is 3. The van der Waals surface area contributed by atoms with Gasteiger partial charge >= 0.3 is 5.97 Å². The molecule has 0 heterocycles. The maximum absolute atomic E-state index is 11.2. The molecular weight excluding hydrogens is 168 g/mol. The molecule has 0 amide bonds. The van der Waals surface area contributed by atoms with Gasteiger partial charge in [-0.05, 0) is 18.8 Å². The number of aliphatic hydroxyl groups excluding tert-OH is 1. The predicted octanol–water partition coefficient (Wildman–Crippen LogP) is 2.04. The smallest absolute Gasteiger partial charge is 0.337 e. The van der Waals surface area contributed by atoms with Crippen LogP contribution in [0.2, 0.25) is 0 Å². The molecule has 0 aromatic carbocycles. The second kappa shape index (κ2) is 3.81. The summed E-state index contributed by atoms with van der Waals surface area (Å²) in [5.41, 5.74) is 0.452. The number of hydrogen-bond donors (Lipinski definition) is 1. The Balaban J connectivity index is 2.90. The molecule has 0 saturated carbocycles. The van der Waals surface area contributed by atoms with E-state index in [9.17, 15) is 9.90 Å². The minimum absolute atomic E-state index is 0.0721. The molecule has 3 nitrogen and oxygen atoms in total. The molecule has 74 valence electrons. The molecule has 0 aliphatic heterocycles. The number of allylic oxidation sites excluding steroid dienone is 1. The van der Waals surface area contributed by atoms with Crippen molar-refractivity contribution in [3.8, 4) is 0 Å². The lowest BCUT2D eigenvalue weighted by Crippen LogP contribution is -2.22. The zero-order valence-electron chi connectivity index (χ0n) is 8.33. The average Bonchev–Trinajstić information content (AvgIpc) is 2.13. The molecule has 0 radical (unpaired) electrons. The first-order valence-electron chi connectivity index (χ1n) is 4.58. The van der Waals surface area contributed by atoms with E-state index in [4.69, 9.17) is 0 Å². The van der Waals surface area contributed by atoms with E-state index >= 15 is 0 Å². The number of carbonyl (C=O) groups is 1. The zero-order valence-corrected chi connectivity index (χ0v) is 8.33. The molecule has 13 heavy (non-hydrogen) atoms. The van der Waals surface area contributed by atoms with Crippen LogP contribution < -0.4 is 0 Å². The Kier molecular flexibility index (Phi) is 2.96. The maximum Gasteiger partial charge on any atom is 0.337 e. The van der Waals surface area contributed by atoms with Crippen molar-refractivity contribution in [1.82, 2.24) is 0 Å². The third-order valence-electron chi connectivity index (χ3n) is 2.88. The van der Waals surface area contributed by atoms with Gasteiger partial charge in [-0.15, -0.1) is 0 Å². The molecule has 1 aliphatic rings. The van der Waals surface area contributed by atoms with Gasteiger partial charge in [0, 0.05) is 5.92 Å². The third kappa shape index (κ3) is 1.85. The number of aliphatic hydroxyl groups is 1. The first-order chi connectivity index (χ1) is 6.07. The molecule has 0 aromatic heterocycles. The van der Waals surface area contributed by atoms with Gasteiger partial charge in [-0.3, -0.25) is 0 Å². The van der Waals surface area contributed by atoms with Gasteiger partial charge in [-0.25, -0.2) is 4.79 Å². The third-order valence-corrected chi connectivity index (χ3v) is 2.88. The number of carbonyl (C=O) groups excluding carboxylic acids is 1. The summed E-state index contributed by atoms with van der Waals surface area (Å²) in [6.07, 6.45) is 1.57. The van der Waals surface area contributed by atoms with Crippen LogP contribution in [0.1, 0.15) is 26.7 Å². The van der Waals surface area contributed by atoms with Crippen molar-refractivity contribution in [3.05, 3.63) is 11.3 Å². The van der Waals surface area contributed by atoms with Crippen molar-refractivity contribution < 1.29 is 14.6 Å². The lowest BCUT2D eigenvalue weighted by Gasteiger charge is -2.26. The van der Waals surface area contributed by atoms with E-state index in [-0.39, 0.29) is 11.7 Å². The summed E-state index contributed by atoms with van der Waals surface area (Å²) in [5, 5.41) is 9.69. The highest BCUT2D eigenvalue weighted by molar-refractivity contribution is 5.89. The number of esters is 1. The molecule has 0 bridgehead atoms. The van der Waals surface area contributed by atoms with Crippen LogP contribution in [0.15, 0.2) is 11.3 Å². The quantitative estimate of drug-likeness (QED) is 0.634. The second-order valence-corrected chi connectivity index (χ2v) is 3.66. The van der Waals surface area contributed by atoms with E-state index in [0.29, 0.717) is 17.9 Å². The highest BCUT2D eigenvalue weighted by Gasteiger charge is 2.28. The summed E-state index contributed by atoms with van der Waals surface area (Å²) in [7, 11) is 1.34. The molecular formula is C10H16O3. The lowest BCUT2D eigenvalue weighted by molar-refractivity contribution is -0.136. The van der Waals surface area contributed by atoms with Gasteiger partial charge in [0.25, 0.3) is 0 Å². The van der Waals surface area contributed by atoms with E-state index in [1.165, 1.54) is 7.11 Å². The standard InChI is InChI=1S/C10H16O3/c1-6-4-5-8(10(12)13-3)9(11)7(6)2/h6-7,11H,4-5H2,1-3H3/t6-,7-/m1/s1. The summed E-state index contributed by atoms with van der Waals surface area (Å²) in [5.74, 6) is 0.332. The topological polar surface area (TPSA) is 46.5 Å². The van der Waals surface area contributed by atoms with Crippen molar-refractivity contribution in [2.24, 2.45) is 11.8 Å². The Morgan fingerprint density at radius 2 is 2.15 bits per heavy atom. The Morgan fingerprint density at radius 3 is 2.69 bits per heavy atom. The van der Waals surface area contributed by atoms with Gasteiger partial charge in [0.15, 0.2) is 0 Å². The van der Waals surface area contributed by atoms with E-state index in [1.54, 1.807) is 0 Å². The number of methoxy groups -OCH3 is 1. The van der Waals surface area contributed by atoms with Gasteiger partial charge < -0.3 is 9.84 Å². The van der Waals surface area contributed by atoms with Crippen LogP contribution in [0, 0.1) is 11.8 Å². The van der Waals surface area contributed by atoms with Gasteiger partial charge in [-0.1, -0.05) is 13.8 Å². The van der Waals surface area contributed by atoms with Crippen molar-refractivity contribution in [3.63, 3.8) is 0 Å². The fourth-order valence-electron chi connectivity index (χ4n) is 1.62. The predicted molar refractivity (Wildman–Crippen MR) is 49.2 cm³/mol. The van der Waals surface area contributed by atoms with E-state index in [1.807, 2.05) is 6.92 Å². The van der Waals surface area contributed by atoms with Crippen LogP contribution in [0.4, 0.5) is 0 Å². The molecule has 0 aromatic rings. The van der Waals surface area contributed by atoms with Gasteiger partial charge in [-0.2, -0.15) is 0 Å². The SMILES string of the molecule is COC(=O)C1=C(O)[C@H](C)[C@H](C)CC1. The van der Waals surface area contributed by atoms with Crippen LogP contribution in [-0.4, -0.2) is 18.2 Å². The van der Waals surface area contributed by atoms with Crippen molar-refractivity contribution in [2.75, 3.05) is 7.11 Å². The monoisotopic (exact) mass is 184 g/mol. The zero-order chi connectivity index (χ0) is 10.0. The fourth-order valence-corrected chi connectivity index (χ4v) is 1.62. The lowest BCUT2D eigenvalue weighted by atomic mass is 9.81. The first-order valence-corrected chi connectivity index (χ1v) is 4.58. The molecule has 3 heteroatoms. The van der Waals surface area contributed by atoms with E-state index in [2.05, 4.69) is 11.7 Å². The summed E-state index contributed by atoms with van der Waals surface area (Å²) in [6.45, 7) is 4.01. The van der Waals surface area contributed by atoms with Crippen LogP contribution in [-0.2, 0) is 9.53 Å². The molecule has 0 fully saturated rings. The Hall–Kier alpha value is -0.990.